The van der Waals surface area contributed by atoms with Gasteiger partial charge in [-0.1, -0.05) is 176 Å². The number of rotatable bonds is 8. The predicted octanol–water partition coefficient (Wildman–Crippen LogP) is 21.0. The quantitative estimate of drug-likeness (QED) is 0.142. The Labute approximate surface area is 443 Å². The Hall–Kier alpha value is -10.4. The van der Waals surface area contributed by atoms with Crippen LogP contribution < -0.4 is 14.5 Å². The number of ether oxygens (including phenoxy) is 1. The highest BCUT2D eigenvalue weighted by Gasteiger charge is 2.27. The largest absolute Gasteiger partial charge is 0.456 e. The van der Waals surface area contributed by atoms with Crippen molar-refractivity contribution < 1.29 is 13.6 Å². The van der Waals surface area contributed by atoms with Gasteiger partial charge in [0.15, 0.2) is 11.2 Å². The summed E-state index contributed by atoms with van der Waals surface area (Å²) in [6.45, 7) is 0. The minimum Gasteiger partial charge on any atom is -0.456 e. The van der Waals surface area contributed by atoms with Gasteiger partial charge in [-0.3, -0.25) is 0 Å². The minimum absolute atomic E-state index is 0.803. The third-order valence-corrected chi connectivity index (χ3v) is 15.6. The Morgan fingerprint density at radius 3 is 1.48 bits per heavy atom. The van der Waals surface area contributed by atoms with Crippen LogP contribution in [-0.4, -0.2) is 0 Å². The lowest BCUT2D eigenvalue weighted by Crippen LogP contribution is -2.11. The second-order valence-electron chi connectivity index (χ2n) is 19.9. The van der Waals surface area contributed by atoms with Crippen LogP contribution in [0.25, 0.3) is 110 Å². The number of hydrogen-bond donors (Lipinski definition) is 0. The van der Waals surface area contributed by atoms with Crippen LogP contribution in [0, 0.1) is 0 Å². The molecule has 1 aliphatic rings. The topological polar surface area (TPSA) is 42.0 Å². The highest BCUT2D eigenvalue weighted by Crippen LogP contribution is 2.53. The summed E-state index contributed by atoms with van der Waals surface area (Å²) in [6.07, 6.45) is 0. The van der Waals surface area contributed by atoms with E-state index in [0.29, 0.717) is 0 Å². The molecule has 0 N–H and O–H groups in total. The summed E-state index contributed by atoms with van der Waals surface area (Å²) in [5.41, 5.74) is 16.2. The molecular weight excluding hydrogens is 941 g/mol. The zero-order chi connectivity index (χ0) is 50.6. The van der Waals surface area contributed by atoms with Crippen molar-refractivity contribution >= 4 is 110 Å². The zero-order valence-corrected chi connectivity index (χ0v) is 41.5. The molecule has 0 bridgehead atoms. The van der Waals surface area contributed by atoms with Gasteiger partial charge in [0.1, 0.15) is 22.7 Å². The van der Waals surface area contributed by atoms with Gasteiger partial charge in [0.25, 0.3) is 0 Å². The normalized spacial score (nSPS) is 12.0. The number of furan rings is 2. The molecule has 0 aliphatic carbocycles. The molecule has 5 nitrogen and oxygen atoms in total. The van der Waals surface area contributed by atoms with E-state index in [2.05, 4.69) is 259 Å². The van der Waals surface area contributed by atoms with E-state index in [4.69, 9.17) is 13.6 Å². The van der Waals surface area contributed by atoms with Crippen molar-refractivity contribution in [3.8, 4) is 44.9 Å². The molecule has 1 aliphatic heterocycles. The first-order valence-electron chi connectivity index (χ1n) is 26.1. The molecule has 0 atom stereocenters. The van der Waals surface area contributed by atoms with E-state index in [-0.39, 0.29) is 0 Å². The van der Waals surface area contributed by atoms with Gasteiger partial charge < -0.3 is 23.4 Å². The molecule has 0 radical (unpaired) electrons. The predicted molar refractivity (Wildman–Crippen MR) is 319 cm³/mol. The Balaban J connectivity index is 0.837. The van der Waals surface area contributed by atoms with E-state index in [1.165, 1.54) is 27.1 Å². The van der Waals surface area contributed by atoms with Gasteiger partial charge in [-0.2, -0.15) is 0 Å². The monoisotopic (exact) mass is 984 g/mol. The first-order chi connectivity index (χ1) is 38.2. The van der Waals surface area contributed by atoms with Crippen LogP contribution in [0.3, 0.4) is 0 Å². The van der Waals surface area contributed by atoms with E-state index < -0.39 is 0 Å². The fourth-order valence-electron chi connectivity index (χ4n) is 12.2. The molecule has 0 unspecified atom stereocenters. The number of hydrogen-bond acceptors (Lipinski definition) is 5. The van der Waals surface area contributed by atoms with Crippen molar-refractivity contribution in [3.05, 3.63) is 267 Å². The first-order valence-corrected chi connectivity index (χ1v) is 26.1. The van der Waals surface area contributed by atoms with E-state index in [1.807, 2.05) is 18.2 Å². The Morgan fingerprint density at radius 2 is 0.753 bits per heavy atom. The van der Waals surface area contributed by atoms with Gasteiger partial charge in [-0.15, -0.1) is 0 Å². The number of nitrogens with zero attached hydrogens (tertiary/aromatic N) is 2. The van der Waals surface area contributed by atoms with Crippen LogP contribution in [0.15, 0.2) is 276 Å². The maximum Gasteiger partial charge on any atom is 0.159 e. The number of para-hydroxylation sites is 6. The van der Waals surface area contributed by atoms with Crippen LogP contribution in [0.5, 0.6) is 11.5 Å². The summed E-state index contributed by atoms with van der Waals surface area (Å²) in [4.78, 5) is 4.63. The SMILES string of the molecule is c1ccc(-c2ccccc2N(c2ccc(-c3cc4c5cccc6c5c(cc4c4ccccc34)-c3ccc(N(c4ccccc4)c4cccc5c4oc4ccccc45)cc3O6)cc2)c2cccc3c2oc2ccccc23)cc1. The number of anilines is 6. The van der Waals surface area contributed by atoms with Crippen molar-refractivity contribution in [2.75, 3.05) is 9.80 Å². The van der Waals surface area contributed by atoms with E-state index in [9.17, 15) is 0 Å². The number of fused-ring (bicyclic) bond motifs is 12. The maximum absolute atomic E-state index is 7.03. The summed E-state index contributed by atoms with van der Waals surface area (Å²) in [7, 11) is 0. The van der Waals surface area contributed by atoms with Crippen LogP contribution in [0.4, 0.5) is 34.1 Å². The third kappa shape index (κ3) is 6.74. The van der Waals surface area contributed by atoms with E-state index in [0.717, 1.165) is 128 Å². The second-order valence-corrected chi connectivity index (χ2v) is 19.9. The molecule has 16 rings (SSSR count). The molecule has 0 saturated heterocycles. The molecule has 0 fully saturated rings. The van der Waals surface area contributed by atoms with Crippen molar-refractivity contribution in [2.24, 2.45) is 0 Å². The smallest absolute Gasteiger partial charge is 0.159 e. The Morgan fingerprint density at radius 1 is 0.247 bits per heavy atom. The van der Waals surface area contributed by atoms with Crippen molar-refractivity contribution in [3.63, 3.8) is 0 Å². The van der Waals surface area contributed by atoms with Crippen molar-refractivity contribution in [1.29, 1.82) is 0 Å². The molecule has 15 aromatic rings. The van der Waals surface area contributed by atoms with Gasteiger partial charge in [0.2, 0.25) is 0 Å². The second kappa shape index (κ2) is 17.1. The molecule has 0 spiro atoms. The van der Waals surface area contributed by atoms with Gasteiger partial charge >= 0.3 is 0 Å². The fraction of sp³-hybridized carbons (Fsp3) is 0. The standard InChI is InChI=1S/C72H44N2O3/c1-3-18-45(19-4-1)50-22-9-12-30-63(50)74(65-32-16-29-58-54-26-11-14-34-67(54)77-72(58)65)48-38-36-46(37-39-48)59-43-61-56-27-17-35-68-70(56)62(44-60(61)52-24-8-7-23-51(52)59)55-41-40-49(42-69(55)75-68)73(47-20-5-2-6-21-47)64-31-15-28-57-53-25-10-13-33-66(53)76-71(57)64/h1-44H. The lowest BCUT2D eigenvalue weighted by atomic mass is 9.86. The molecule has 13 aromatic carbocycles. The molecule has 5 heteroatoms. The van der Waals surface area contributed by atoms with Gasteiger partial charge in [0, 0.05) is 55.5 Å². The molecule has 2 aromatic heterocycles. The summed E-state index contributed by atoms with van der Waals surface area (Å²) >= 11 is 0. The summed E-state index contributed by atoms with van der Waals surface area (Å²) in [5.74, 6) is 1.64. The molecular formula is C72H44N2O3. The van der Waals surface area contributed by atoms with Gasteiger partial charge in [-0.05, 0) is 134 Å². The van der Waals surface area contributed by atoms with Crippen LogP contribution in [-0.2, 0) is 0 Å². The van der Waals surface area contributed by atoms with Crippen molar-refractivity contribution in [1.82, 2.24) is 0 Å². The van der Waals surface area contributed by atoms with Gasteiger partial charge in [0.05, 0.1) is 22.7 Å². The average Bonchev–Trinajstić information content (AvgIpc) is 4.20. The minimum atomic E-state index is 0.803. The van der Waals surface area contributed by atoms with Gasteiger partial charge in [-0.25, -0.2) is 0 Å². The molecule has 360 valence electrons. The van der Waals surface area contributed by atoms with E-state index in [1.54, 1.807) is 0 Å². The lowest BCUT2D eigenvalue weighted by Gasteiger charge is -2.28. The average molecular weight is 985 g/mol. The van der Waals surface area contributed by atoms with Crippen LogP contribution >= 0.6 is 0 Å². The Kier molecular flexibility index (Phi) is 9.57. The Bertz CT molecular complexity index is 4850. The summed E-state index contributed by atoms with van der Waals surface area (Å²) in [6, 6.07) is 95.0. The maximum atomic E-state index is 7.03. The lowest BCUT2D eigenvalue weighted by molar-refractivity contribution is 0.487. The molecule has 0 amide bonds. The molecule has 77 heavy (non-hydrogen) atoms. The van der Waals surface area contributed by atoms with Crippen molar-refractivity contribution in [2.45, 2.75) is 0 Å². The fourth-order valence-corrected chi connectivity index (χ4v) is 12.2. The summed E-state index contributed by atoms with van der Waals surface area (Å²) < 4.78 is 20.4. The van der Waals surface area contributed by atoms with Crippen LogP contribution in [0.1, 0.15) is 0 Å². The highest BCUT2D eigenvalue weighted by molar-refractivity contribution is 6.25. The number of benzene rings is 13. The third-order valence-electron chi connectivity index (χ3n) is 15.6. The molecule has 3 heterocycles. The summed E-state index contributed by atoms with van der Waals surface area (Å²) in [5, 5.41) is 11.4. The van der Waals surface area contributed by atoms with E-state index >= 15 is 0 Å². The zero-order valence-electron chi connectivity index (χ0n) is 41.5. The first kappa shape index (κ1) is 43.1. The highest BCUT2D eigenvalue weighted by atomic mass is 16.5. The molecule has 0 saturated carbocycles. The van der Waals surface area contributed by atoms with Crippen LogP contribution in [0.2, 0.25) is 0 Å².